The van der Waals surface area contributed by atoms with E-state index in [-0.39, 0.29) is 25.4 Å². The zero-order valence-corrected chi connectivity index (χ0v) is 13.6. The standard InChI is InChI=1S/C17H17ClF2N2O2/c18-13-3-1-2-12(8-13)10-22(6-7-23)11-17(24)21-14-4-5-15(19)16(20)9-14/h1-5,8-9,23H,6-7,10-11H2,(H,21,24). The summed E-state index contributed by atoms with van der Waals surface area (Å²) >= 11 is 5.93. The van der Waals surface area contributed by atoms with Gasteiger partial charge in [0.15, 0.2) is 11.6 Å². The third kappa shape index (κ3) is 5.56. The summed E-state index contributed by atoms with van der Waals surface area (Å²) < 4.78 is 26.0. The van der Waals surface area contributed by atoms with E-state index in [1.165, 1.54) is 6.07 Å². The molecule has 4 nitrogen and oxygen atoms in total. The Morgan fingerprint density at radius 1 is 1.17 bits per heavy atom. The lowest BCUT2D eigenvalue weighted by molar-refractivity contribution is -0.117. The van der Waals surface area contributed by atoms with Gasteiger partial charge in [-0.1, -0.05) is 23.7 Å². The fourth-order valence-electron chi connectivity index (χ4n) is 2.23. The van der Waals surface area contributed by atoms with Crippen LogP contribution >= 0.6 is 11.6 Å². The van der Waals surface area contributed by atoms with Gasteiger partial charge in [-0.2, -0.15) is 0 Å². The van der Waals surface area contributed by atoms with Crippen molar-refractivity contribution in [1.82, 2.24) is 4.90 Å². The van der Waals surface area contributed by atoms with E-state index in [2.05, 4.69) is 5.32 Å². The zero-order valence-electron chi connectivity index (χ0n) is 12.8. The normalized spacial score (nSPS) is 10.9. The number of nitrogens with one attached hydrogen (secondary N) is 1. The molecule has 0 atom stereocenters. The first-order valence-electron chi connectivity index (χ1n) is 7.30. The number of hydrogen-bond donors (Lipinski definition) is 2. The summed E-state index contributed by atoms with van der Waals surface area (Å²) in [5, 5.41) is 12.2. The summed E-state index contributed by atoms with van der Waals surface area (Å²) in [6.07, 6.45) is 0. The Balaban J connectivity index is 1.98. The first-order valence-corrected chi connectivity index (χ1v) is 7.68. The molecule has 0 aliphatic carbocycles. The maximum absolute atomic E-state index is 13.2. The van der Waals surface area contributed by atoms with Crippen molar-refractivity contribution in [3.63, 3.8) is 0 Å². The Labute approximate surface area is 143 Å². The molecule has 0 unspecified atom stereocenters. The summed E-state index contributed by atoms with van der Waals surface area (Å²) in [5.41, 5.74) is 1.07. The van der Waals surface area contributed by atoms with E-state index in [4.69, 9.17) is 16.7 Å². The lowest BCUT2D eigenvalue weighted by Gasteiger charge is -2.21. The number of benzene rings is 2. The van der Waals surface area contributed by atoms with Crippen LogP contribution in [0.3, 0.4) is 0 Å². The van der Waals surface area contributed by atoms with Crippen molar-refractivity contribution >= 4 is 23.2 Å². The Kier molecular flexibility index (Phi) is 6.66. The first-order chi connectivity index (χ1) is 11.5. The van der Waals surface area contributed by atoms with Gasteiger partial charge in [0.25, 0.3) is 0 Å². The second-order valence-corrected chi connectivity index (χ2v) is 5.68. The molecule has 7 heteroatoms. The van der Waals surface area contributed by atoms with Crippen molar-refractivity contribution in [1.29, 1.82) is 0 Å². The largest absolute Gasteiger partial charge is 0.395 e. The van der Waals surface area contributed by atoms with E-state index in [0.717, 1.165) is 17.7 Å². The monoisotopic (exact) mass is 354 g/mol. The maximum atomic E-state index is 13.2. The molecule has 128 valence electrons. The van der Waals surface area contributed by atoms with E-state index >= 15 is 0 Å². The lowest BCUT2D eigenvalue weighted by atomic mass is 10.2. The van der Waals surface area contributed by atoms with Gasteiger partial charge in [-0.3, -0.25) is 9.69 Å². The quantitative estimate of drug-likeness (QED) is 0.803. The van der Waals surface area contributed by atoms with Gasteiger partial charge in [-0.05, 0) is 29.8 Å². The molecule has 0 saturated heterocycles. The topological polar surface area (TPSA) is 52.6 Å². The molecular weight excluding hydrogens is 338 g/mol. The van der Waals surface area contributed by atoms with Crippen LogP contribution < -0.4 is 5.32 Å². The minimum absolute atomic E-state index is 0.00787. The molecule has 2 N–H and O–H groups in total. The van der Waals surface area contributed by atoms with Crippen LogP contribution in [0.5, 0.6) is 0 Å². The van der Waals surface area contributed by atoms with Gasteiger partial charge in [0, 0.05) is 29.9 Å². The first kappa shape index (κ1) is 18.3. The van der Waals surface area contributed by atoms with E-state index < -0.39 is 17.5 Å². The Morgan fingerprint density at radius 3 is 2.62 bits per heavy atom. The van der Waals surface area contributed by atoms with Crippen LogP contribution in [0.25, 0.3) is 0 Å². The lowest BCUT2D eigenvalue weighted by Crippen LogP contribution is -2.34. The SMILES string of the molecule is O=C(CN(CCO)Cc1cccc(Cl)c1)Nc1ccc(F)c(F)c1. The van der Waals surface area contributed by atoms with Crippen LogP contribution in [0.2, 0.25) is 5.02 Å². The summed E-state index contributed by atoms with van der Waals surface area (Å²) in [6.45, 7) is 0.592. The molecule has 2 aromatic rings. The summed E-state index contributed by atoms with van der Waals surface area (Å²) in [6, 6.07) is 10.3. The van der Waals surface area contributed by atoms with Crippen LogP contribution in [0.15, 0.2) is 42.5 Å². The van der Waals surface area contributed by atoms with Gasteiger partial charge in [-0.15, -0.1) is 0 Å². The summed E-state index contributed by atoms with van der Waals surface area (Å²) in [5.74, 6) is -2.40. The van der Waals surface area contributed by atoms with Crippen LogP contribution in [0, 0.1) is 11.6 Å². The number of amides is 1. The number of halogens is 3. The van der Waals surface area contributed by atoms with Crippen LogP contribution in [-0.4, -0.2) is 35.6 Å². The van der Waals surface area contributed by atoms with Crippen molar-refractivity contribution < 1.29 is 18.7 Å². The molecule has 24 heavy (non-hydrogen) atoms. The number of carbonyl (C=O) groups excluding carboxylic acids is 1. The highest BCUT2D eigenvalue weighted by molar-refractivity contribution is 6.30. The van der Waals surface area contributed by atoms with Gasteiger partial charge in [-0.25, -0.2) is 8.78 Å². The molecule has 0 aromatic heterocycles. The number of aliphatic hydroxyl groups excluding tert-OH is 1. The van der Waals surface area contributed by atoms with Gasteiger partial charge in [0.1, 0.15) is 0 Å². The fraction of sp³-hybridized carbons (Fsp3) is 0.235. The molecule has 0 aliphatic rings. The highest BCUT2D eigenvalue weighted by Crippen LogP contribution is 2.14. The molecule has 0 radical (unpaired) electrons. The molecule has 0 saturated carbocycles. The minimum atomic E-state index is -1.03. The highest BCUT2D eigenvalue weighted by Gasteiger charge is 2.12. The Bertz CT molecular complexity index is 713. The van der Waals surface area contributed by atoms with Gasteiger partial charge >= 0.3 is 0 Å². The molecular formula is C17H17ClF2N2O2. The predicted molar refractivity (Wildman–Crippen MR) is 88.8 cm³/mol. The second kappa shape index (κ2) is 8.73. The minimum Gasteiger partial charge on any atom is -0.395 e. The van der Waals surface area contributed by atoms with Crippen LogP contribution in [0.1, 0.15) is 5.56 Å². The van der Waals surface area contributed by atoms with Gasteiger partial charge < -0.3 is 10.4 Å². The average molecular weight is 355 g/mol. The molecule has 0 fully saturated rings. The smallest absolute Gasteiger partial charge is 0.238 e. The average Bonchev–Trinajstić information content (AvgIpc) is 2.51. The molecule has 0 bridgehead atoms. The van der Waals surface area contributed by atoms with Crippen LogP contribution in [0.4, 0.5) is 14.5 Å². The van der Waals surface area contributed by atoms with E-state index in [1.54, 1.807) is 23.1 Å². The second-order valence-electron chi connectivity index (χ2n) is 5.24. The Morgan fingerprint density at radius 2 is 1.96 bits per heavy atom. The third-order valence-electron chi connectivity index (χ3n) is 3.28. The van der Waals surface area contributed by atoms with Crippen molar-refractivity contribution in [3.05, 3.63) is 64.7 Å². The molecule has 0 spiro atoms. The summed E-state index contributed by atoms with van der Waals surface area (Å²) in [4.78, 5) is 13.8. The number of carbonyl (C=O) groups is 1. The van der Waals surface area contributed by atoms with Gasteiger partial charge in [0.2, 0.25) is 5.91 Å². The van der Waals surface area contributed by atoms with E-state index in [0.29, 0.717) is 11.6 Å². The molecule has 2 aromatic carbocycles. The maximum Gasteiger partial charge on any atom is 0.238 e. The number of nitrogens with zero attached hydrogens (tertiary/aromatic N) is 1. The number of aliphatic hydroxyl groups is 1. The molecule has 2 rings (SSSR count). The van der Waals surface area contributed by atoms with Crippen LogP contribution in [-0.2, 0) is 11.3 Å². The summed E-state index contributed by atoms with van der Waals surface area (Å²) in [7, 11) is 0. The predicted octanol–water partition coefficient (Wildman–Crippen LogP) is 3.05. The van der Waals surface area contributed by atoms with Gasteiger partial charge in [0.05, 0.1) is 13.2 Å². The number of rotatable bonds is 7. The highest BCUT2D eigenvalue weighted by atomic mass is 35.5. The van der Waals surface area contributed by atoms with Crippen molar-refractivity contribution in [3.8, 4) is 0 Å². The van der Waals surface area contributed by atoms with Crippen molar-refractivity contribution in [2.75, 3.05) is 25.0 Å². The third-order valence-corrected chi connectivity index (χ3v) is 3.52. The zero-order chi connectivity index (χ0) is 17.5. The fourth-order valence-corrected chi connectivity index (χ4v) is 2.44. The Hall–Kier alpha value is -2.02. The van der Waals surface area contributed by atoms with Crippen molar-refractivity contribution in [2.45, 2.75) is 6.54 Å². The molecule has 0 aliphatic heterocycles. The van der Waals surface area contributed by atoms with E-state index in [1.807, 2.05) is 6.07 Å². The molecule has 1 amide bonds. The molecule has 0 heterocycles. The number of hydrogen-bond acceptors (Lipinski definition) is 3. The van der Waals surface area contributed by atoms with E-state index in [9.17, 15) is 13.6 Å². The number of anilines is 1. The van der Waals surface area contributed by atoms with Crippen molar-refractivity contribution in [2.24, 2.45) is 0 Å².